The first-order valence-electron chi connectivity index (χ1n) is 9.10. The van der Waals surface area contributed by atoms with Gasteiger partial charge in [-0.25, -0.2) is 4.79 Å². The molecule has 1 heterocycles. The zero-order chi connectivity index (χ0) is 20.5. The Hall–Kier alpha value is -0.860. The van der Waals surface area contributed by atoms with E-state index < -0.39 is 33.6 Å². The highest BCUT2D eigenvalue weighted by atomic mass is 32.2. The maximum atomic E-state index is 12.8. The SMILES string of the molecule is CC(C)C[C@H]1[C@H](C[C@@H](C)OS(C)(=O)=O)OC(C)(C)N1C(=O)OC(C)(C)C. The predicted octanol–water partition coefficient (Wildman–Crippen LogP) is 3.53. The van der Waals surface area contributed by atoms with Crippen molar-refractivity contribution >= 4 is 16.2 Å². The van der Waals surface area contributed by atoms with Gasteiger partial charge in [-0.05, 0) is 53.9 Å². The van der Waals surface area contributed by atoms with Crippen molar-refractivity contribution in [3.8, 4) is 0 Å². The first kappa shape index (κ1) is 23.2. The highest BCUT2D eigenvalue weighted by Crippen LogP contribution is 2.38. The summed E-state index contributed by atoms with van der Waals surface area (Å²) in [5.74, 6) is 0.330. The van der Waals surface area contributed by atoms with Gasteiger partial charge in [0.1, 0.15) is 11.3 Å². The lowest BCUT2D eigenvalue weighted by Gasteiger charge is -2.35. The van der Waals surface area contributed by atoms with Gasteiger partial charge in [0.25, 0.3) is 10.1 Å². The number of hydrogen-bond donors (Lipinski definition) is 0. The second-order valence-electron chi connectivity index (χ2n) is 9.00. The van der Waals surface area contributed by atoms with Gasteiger partial charge in [-0.2, -0.15) is 8.42 Å². The van der Waals surface area contributed by atoms with E-state index >= 15 is 0 Å². The van der Waals surface area contributed by atoms with Crippen molar-refractivity contribution in [3.63, 3.8) is 0 Å². The lowest BCUT2D eigenvalue weighted by atomic mass is 9.95. The van der Waals surface area contributed by atoms with Crippen LogP contribution in [-0.2, 0) is 23.8 Å². The summed E-state index contributed by atoms with van der Waals surface area (Å²) in [4.78, 5) is 14.5. The Labute approximate surface area is 158 Å². The minimum atomic E-state index is -3.55. The molecule has 8 heteroatoms. The normalized spacial score (nSPS) is 24.8. The van der Waals surface area contributed by atoms with Crippen LogP contribution in [0.3, 0.4) is 0 Å². The minimum absolute atomic E-state index is 0.217. The van der Waals surface area contributed by atoms with Crippen LogP contribution in [0.1, 0.15) is 68.2 Å². The topological polar surface area (TPSA) is 82.1 Å². The van der Waals surface area contributed by atoms with Gasteiger partial charge in [-0.3, -0.25) is 9.08 Å². The largest absolute Gasteiger partial charge is 0.444 e. The molecule has 1 aliphatic rings. The van der Waals surface area contributed by atoms with Gasteiger partial charge >= 0.3 is 6.09 Å². The molecule has 0 aromatic rings. The maximum absolute atomic E-state index is 12.8. The summed E-state index contributed by atoms with van der Waals surface area (Å²) in [7, 11) is -3.55. The van der Waals surface area contributed by atoms with E-state index in [4.69, 9.17) is 13.7 Å². The van der Waals surface area contributed by atoms with Gasteiger partial charge in [0, 0.05) is 6.42 Å². The molecule has 0 aliphatic carbocycles. The molecular weight excluding hydrogens is 358 g/mol. The van der Waals surface area contributed by atoms with E-state index in [1.54, 1.807) is 11.8 Å². The van der Waals surface area contributed by atoms with Crippen molar-refractivity contribution in [1.29, 1.82) is 0 Å². The van der Waals surface area contributed by atoms with Crippen molar-refractivity contribution < 1.29 is 26.9 Å². The summed E-state index contributed by atoms with van der Waals surface area (Å²) in [5.41, 5.74) is -1.46. The number of amides is 1. The fraction of sp³-hybridized carbons (Fsp3) is 0.944. The summed E-state index contributed by atoms with van der Waals surface area (Å²) in [6.07, 6.45) is 0.816. The summed E-state index contributed by atoms with van der Waals surface area (Å²) >= 11 is 0. The molecule has 1 rings (SSSR count). The standard InChI is InChI=1S/C18H35NO6S/c1-12(2)10-14-15(11-13(3)25-26(9,21)22)23-18(7,8)19(14)16(20)24-17(4,5)6/h12-15H,10-11H2,1-9H3/t13-,14+,15+/m1/s1. The van der Waals surface area contributed by atoms with E-state index in [0.717, 1.165) is 12.7 Å². The Bertz CT molecular complexity index is 593. The fourth-order valence-corrected chi connectivity index (χ4v) is 4.02. The number of hydrogen-bond acceptors (Lipinski definition) is 6. The maximum Gasteiger partial charge on any atom is 0.412 e. The van der Waals surface area contributed by atoms with Crippen LogP contribution in [0, 0.1) is 5.92 Å². The van der Waals surface area contributed by atoms with Crippen LogP contribution >= 0.6 is 0 Å². The van der Waals surface area contributed by atoms with E-state index in [-0.39, 0.29) is 12.1 Å². The third-order valence-electron chi connectivity index (χ3n) is 3.99. The van der Waals surface area contributed by atoms with Crippen LogP contribution in [0.15, 0.2) is 0 Å². The molecular formula is C18H35NO6S. The third-order valence-corrected chi connectivity index (χ3v) is 4.67. The van der Waals surface area contributed by atoms with Crippen LogP contribution in [0.5, 0.6) is 0 Å². The molecule has 0 bridgehead atoms. The molecule has 0 N–H and O–H groups in total. The molecule has 0 aromatic carbocycles. The Balaban J connectivity index is 3.06. The molecule has 1 fully saturated rings. The third kappa shape index (κ3) is 7.04. The second kappa shape index (κ2) is 8.02. The summed E-state index contributed by atoms with van der Waals surface area (Å²) in [6, 6.07) is -0.217. The average Bonchev–Trinajstić information content (AvgIpc) is 2.53. The fourth-order valence-electron chi connectivity index (χ4n) is 3.35. The molecule has 1 aliphatic heterocycles. The van der Waals surface area contributed by atoms with Crippen LogP contribution < -0.4 is 0 Å². The van der Waals surface area contributed by atoms with Gasteiger partial charge in [-0.1, -0.05) is 13.8 Å². The zero-order valence-corrected chi connectivity index (χ0v) is 18.3. The van der Waals surface area contributed by atoms with Gasteiger partial charge in [0.05, 0.1) is 24.5 Å². The zero-order valence-electron chi connectivity index (χ0n) is 17.5. The molecule has 7 nitrogen and oxygen atoms in total. The van der Waals surface area contributed by atoms with E-state index in [1.165, 1.54) is 0 Å². The molecule has 26 heavy (non-hydrogen) atoms. The van der Waals surface area contributed by atoms with Gasteiger partial charge in [0.2, 0.25) is 0 Å². The quantitative estimate of drug-likeness (QED) is 0.642. The van der Waals surface area contributed by atoms with E-state index in [1.807, 2.05) is 34.6 Å². The molecule has 1 amide bonds. The van der Waals surface area contributed by atoms with Gasteiger partial charge in [-0.15, -0.1) is 0 Å². The first-order valence-corrected chi connectivity index (χ1v) is 10.9. The molecule has 0 aromatic heterocycles. The number of ether oxygens (including phenoxy) is 2. The summed E-state index contributed by atoms with van der Waals surface area (Å²) in [6.45, 7) is 15.0. The van der Waals surface area contributed by atoms with Gasteiger partial charge < -0.3 is 9.47 Å². The molecule has 0 spiro atoms. The number of nitrogens with zero attached hydrogens (tertiary/aromatic N) is 1. The number of carbonyl (C=O) groups excluding carboxylic acids is 1. The summed E-state index contributed by atoms with van der Waals surface area (Å²) in [5, 5.41) is 0. The van der Waals surface area contributed by atoms with Crippen molar-refractivity contribution in [1.82, 2.24) is 4.90 Å². The molecule has 0 radical (unpaired) electrons. The first-order chi connectivity index (χ1) is 11.5. The van der Waals surface area contributed by atoms with Crippen LogP contribution in [0.4, 0.5) is 4.79 Å². The average molecular weight is 394 g/mol. The number of carbonyl (C=O) groups is 1. The smallest absolute Gasteiger partial charge is 0.412 e. The summed E-state index contributed by atoms with van der Waals surface area (Å²) < 4.78 is 39.6. The molecule has 3 atom stereocenters. The van der Waals surface area contributed by atoms with E-state index in [2.05, 4.69) is 13.8 Å². The lowest BCUT2D eigenvalue weighted by Crippen LogP contribution is -2.50. The number of rotatable bonds is 6. The highest BCUT2D eigenvalue weighted by Gasteiger charge is 2.51. The Morgan fingerprint density at radius 1 is 1.19 bits per heavy atom. The van der Waals surface area contributed by atoms with E-state index in [0.29, 0.717) is 12.3 Å². The molecule has 1 saturated heterocycles. The van der Waals surface area contributed by atoms with E-state index in [9.17, 15) is 13.2 Å². The molecule has 154 valence electrons. The minimum Gasteiger partial charge on any atom is -0.444 e. The van der Waals surface area contributed by atoms with Crippen LogP contribution in [0.25, 0.3) is 0 Å². The van der Waals surface area contributed by atoms with Crippen LogP contribution in [0.2, 0.25) is 0 Å². The van der Waals surface area contributed by atoms with Crippen molar-refractivity contribution in [3.05, 3.63) is 0 Å². The van der Waals surface area contributed by atoms with Crippen molar-refractivity contribution in [2.75, 3.05) is 6.26 Å². The Kier molecular flexibility index (Phi) is 7.15. The Morgan fingerprint density at radius 2 is 1.73 bits per heavy atom. The van der Waals surface area contributed by atoms with Crippen molar-refractivity contribution in [2.24, 2.45) is 5.92 Å². The second-order valence-corrected chi connectivity index (χ2v) is 10.6. The predicted molar refractivity (Wildman–Crippen MR) is 100 cm³/mol. The highest BCUT2D eigenvalue weighted by molar-refractivity contribution is 7.86. The molecule has 0 saturated carbocycles. The van der Waals surface area contributed by atoms with Crippen LogP contribution in [-0.4, -0.2) is 55.2 Å². The Morgan fingerprint density at radius 3 is 2.15 bits per heavy atom. The monoisotopic (exact) mass is 393 g/mol. The lowest BCUT2D eigenvalue weighted by molar-refractivity contribution is -0.0833. The van der Waals surface area contributed by atoms with Gasteiger partial charge in [0.15, 0.2) is 0 Å². The van der Waals surface area contributed by atoms with Crippen molar-refractivity contribution in [2.45, 2.75) is 97.8 Å². The molecule has 0 unspecified atom stereocenters.